The summed E-state index contributed by atoms with van der Waals surface area (Å²) in [6, 6.07) is 18.2. The van der Waals surface area contributed by atoms with Crippen LogP contribution in [0.1, 0.15) is 31.1 Å². The monoisotopic (exact) mass is 478 g/mol. The average Bonchev–Trinajstić information content (AvgIpc) is 3.22. The predicted molar refractivity (Wildman–Crippen MR) is 136 cm³/mol. The first-order valence-electron chi connectivity index (χ1n) is 11.6. The van der Waals surface area contributed by atoms with Crippen LogP contribution in [0.5, 0.6) is 0 Å². The van der Waals surface area contributed by atoms with E-state index in [1.165, 1.54) is 11.3 Å². The molecule has 6 nitrogen and oxygen atoms in total. The second kappa shape index (κ2) is 11.0. The molecule has 178 valence electrons. The molecule has 1 N–H and O–H groups in total. The fraction of sp³-hybridized carbons (Fsp3) is 0.333. The van der Waals surface area contributed by atoms with Crippen molar-refractivity contribution in [2.75, 3.05) is 31.6 Å². The Morgan fingerprint density at radius 3 is 2.26 bits per heavy atom. The van der Waals surface area contributed by atoms with Crippen molar-refractivity contribution in [1.29, 1.82) is 0 Å². The molecule has 0 aliphatic carbocycles. The minimum Gasteiger partial charge on any atom is -0.462 e. The summed E-state index contributed by atoms with van der Waals surface area (Å²) in [5.74, 6) is -0.588. The van der Waals surface area contributed by atoms with Crippen LogP contribution >= 0.6 is 11.3 Å². The lowest BCUT2D eigenvalue weighted by Gasteiger charge is -2.34. The second-order valence-corrected chi connectivity index (χ2v) is 9.40. The van der Waals surface area contributed by atoms with Gasteiger partial charge in [0.2, 0.25) is 5.91 Å². The van der Waals surface area contributed by atoms with Gasteiger partial charge in [0, 0.05) is 24.0 Å². The van der Waals surface area contributed by atoms with Crippen molar-refractivity contribution in [2.45, 2.75) is 33.0 Å². The van der Waals surface area contributed by atoms with Crippen molar-refractivity contribution < 1.29 is 19.1 Å². The van der Waals surface area contributed by atoms with Gasteiger partial charge in [-0.2, -0.15) is 0 Å². The van der Waals surface area contributed by atoms with E-state index in [0.717, 1.165) is 22.3 Å². The minimum atomic E-state index is -0.435. The van der Waals surface area contributed by atoms with Gasteiger partial charge in [-0.25, -0.2) is 4.79 Å². The van der Waals surface area contributed by atoms with Crippen LogP contribution in [0.3, 0.4) is 0 Å². The normalized spacial score (nSPS) is 18.4. The van der Waals surface area contributed by atoms with Crippen LogP contribution in [-0.2, 0) is 14.3 Å². The van der Waals surface area contributed by atoms with Crippen LogP contribution in [0.2, 0.25) is 0 Å². The molecule has 0 spiro atoms. The lowest BCUT2D eigenvalue weighted by Crippen LogP contribution is -2.48. The van der Waals surface area contributed by atoms with Gasteiger partial charge in [0.25, 0.3) is 0 Å². The molecule has 0 unspecified atom stereocenters. The Balaban J connectivity index is 1.55. The third-order valence-electron chi connectivity index (χ3n) is 5.69. The molecule has 34 heavy (non-hydrogen) atoms. The van der Waals surface area contributed by atoms with E-state index in [9.17, 15) is 9.59 Å². The number of thiophene rings is 1. The van der Waals surface area contributed by atoms with Gasteiger partial charge in [0.15, 0.2) is 0 Å². The lowest BCUT2D eigenvalue weighted by molar-refractivity contribution is -0.121. The third-order valence-corrected chi connectivity index (χ3v) is 6.58. The third kappa shape index (κ3) is 5.73. The van der Waals surface area contributed by atoms with Crippen LogP contribution in [0.4, 0.5) is 5.00 Å². The van der Waals surface area contributed by atoms with Gasteiger partial charge in [0.1, 0.15) is 10.6 Å². The molecular formula is C27H30N2O4S. The molecule has 2 atom stereocenters. The number of carbonyl (C=O) groups excluding carboxylic acids is 2. The van der Waals surface area contributed by atoms with Gasteiger partial charge in [-0.1, -0.05) is 54.6 Å². The predicted octanol–water partition coefficient (Wildman–Crippen LogP) is 5.31. The van der Waals surface area contributed by atoms with Crippen LogP contribution in [-0.4, -0.2) is 55.2 Å². The fourth-order valence-corrected chi connectivity index (χ4v) is 5.30. The fourth-order valence-electron chi connectivity index (χ4n) is 4.32. The number of esters is 1. The molecule has 2 aromatic carbocycles. The minimum absolute atomic E-state index is 0.0823. The van der Waals surface area contributed by atoms with Crippen molar-refractivity contribution in [3.63, 3.8) is 0 Å². The standard InChI is InChI=1S/C27H30N2O4S/c1-4-32-27(31)25-23(22-12-10-21(11-13-22)20-8-6-5-7-9-20)17-34-26(25)28-24(30)16-29-14-18(2)33-19(3)15-29/h5-13,17-19H,4,14-16H2,1-3H3,(H,28,30)/t18-,19+. The number of hydrogen-bond donors (Lipinski definition) is 1. The number of benzene rings is 2. The molecule has 0 saturated carbocycles. The number of rotatable bonds is 7. The first-order valence-corrected chi connectivity index (χ1v) is 12.4. The van der Waals surface area contributed by atoms with Gasteiger partial charge >= 0.3 is 5.97 Å². The summed E-state index contributed by atoms with van der Waals surface area (Å²) < 4.78 is 11.1. The molecule has 4 rings (SSSR count). The first-order chi connectivity index (χ1) is 16.4. The maximum absolute atomic E-state index is 12.9. The average molecular weight is 479 g/mol. The Labute approximate surface area is 204 Å². The summed E-state index contributed by atoms with van der Waals surface area (Å²) in [6.07, 6.45) is 0.165. The molecule has 7 heteroatoms. The van der Waals surface area contributed by atoms with Gasteiger partial charge in [-0.15, -0.1) is 11.3 Å². The number of carbonyl (C=O) groups is 2. The van der Waals surface area contributed by atoms with Crippen LogP contribution in [0.25, 0.3) is 22.3 Å². The Morgan fingerprint density at radius 1 is 1.00 bits per heavy atom. The van der Waals surface area contributed by atoms with Gasteiger partial charge in [0.05, 0.1) is 25.4 Å². The Kier molecular flexibility index (Phi) is 7.77. The Morgan fingerprint density at radius 2 is 1.62 bits per heavy atom. The maximum atomic E-state index is 12.9. The highest BCUT2D eigenvalue weighted by Crippen LogP contribution is 2.37. The van der Waals surface area contributed by atoms with E-state index in [1.54, 1.807) is 6.92 Å². The Hall–Kier alpha value is -3.00. The smallest absolute Gasteiger partial charge is 0.341 e. The van der Waals surface area contributed by atoms with Gasteiger partial charge < -0.3 is 14.8 Å². The van der Waals surface area contributed by atoms with Crippen molar-refractivity contribution in [3.05, 3.63) is 65.5 Å². The molecular weight excluding hydrogens is 448 g/mol. The highest BCUT2D eigenvalue weighted by atomic mass is 32.1. The SMILES string of the molecule is CCOC(=O)c1c(-c2ccc(-c3ccccc3)cc2)csc1NC(=O)CN1C[C@@H](C)O[C@@H](C)C1. The number of morpholine rings is 1. The highest BCUT2D eigenvalue weighted by molar-refractivity contribution is 7.15. The number of amides is 1. The zero-order valence-electron chi connectivity index (χ0n) is 19.7. The molecule has 0 bridgehead atoms. The van der Waals surface area contributed by atoms with Gasteiger partial charge in [-0.05, 0) is 37.5 Å². The van der Waals surface area contributed by atoms with Crippen molar-refractivity contribution in [1.82, 2.24) is 4.90 Å². The molecule has 1 saturated heterocycles. The lowest BCUT2D eigenvalue weighted by atomic mass is 9.99. The molecule has 0 radical (unpaired) electrons. The topological polar surface area (TPSA) is 67.9 Å². The summed E-state index contributed by atoms with van der Waals surface area (Å²) >= 11 is 1.34. The van der Waals surface area contributed by atoms with Gasteiger partial charge in [-0.3, -0.25) is 9.69 Å². The van der Waals surface area contributed by atoms with E-state index >= 15 is 0 Å². The number of nitrogens with zero attached hydrogens (tertiary/aromatic N) is 1. The molecule has 1 aliphatic rings. The second-order valence-electron chi connectivity index (χ2n) is 8.52. The maximum Gasteiger partial charge on any atom is 0.341 e. The highest BCUT2D eigenvalue weighted by Gasteiger charge is 2.26. The summed E-state index contributed by atoms with van der Waals surface area (Å²) in [5, 5.41) is 5.37. The zero-order chi connectivity index (χ0) is 24.1. The van der Waals surface area contributed by atoms with E-state index in [1.807, 2.05) is 61.7 Å². The number of hydrogen-bond acceptors (Lipinski definition) is 6. The summed E-state index contributed by atoms with van der Waals surface area (Å²) in [4.78, 5) is 27.8. The van der Waals surface area contributed by atoms with E-state index in [0.29, 0.717) is 23.7 Å². The summed E-state index contributed by atoms with van der Waals surface area (Å²) in [6.45, 7) is 7.70. The van der Waals surface area contributed by atoms with Crippen molar-refractivity contribution >= 4 is 28.2 Å². The molecule has 1 amide bonds. The van der Waals surface area contributed by atoms with Crippen molar-refractivity contribution in [2.24, 2.45) is 0 Å². The molecule has 1 fully saturated rings. The zero-order valence-corrected chi connectivity index (χ0v) is 20.6. The molecule has 1 aliphatic heterocycles. The van der Waals surface area contributed by atoms with Crippen LogP contribution < -0.4 is 5.32 Å². The number of anilines is 1. The molecule has 3 aromatic rings. The number of nitrogens with one attached hydrogen (secondary N) is 1. The summed E-state index contributed by atoms with van der Waals surface area (Å²) in [7, 11) is 0. The van der Waals surface area contributed by atoms with E-state index in [2.05, 4.69) is 22.3 Å². The quantitative estimate of drug-likeness (QED) is 0.467. The van der Waals surface area contributed by atoms with E-state index < -0.39 is 5.97 Å². The van der Waals surface area contributed by atoms with E-state index in [4.69, 9.17) is 9.47 Å². The Bertz CT molecular complexity index is 1120. The van der Waals surface area contributed by atoms with Crippen LogP contribution in [0.15, 0.2) is 60.0 Å². The molecule has 1 aromatic heterocycles. The number of ether oxygens (including phenoxy) is 2. The largest absolute Gasteiger partial charge is 0.462 e. The van der Waals surface area contributed by atoms with E-state index in [-0.39, 0.29) is 31.3 Å². The van der Waals surface area contributed by atoms with Crippen molar-refractivity contribution in [3.8, 4) is 22.3 Å². The summed E-state index contributed by atoms with van der Waals surface area (Å²) in [5.41, 5.74) is 4.28. The first kappa shape index (κ1) is 24.1. The molecule has 2 heterocycles. The van der Waals surface area contributed by atoms with Crippen LogP contribution in [0, 0.1) is 0 Å².